The number of rotatable bonds is 7. The molecular weight excluding hydrogens is 232 g/mol. The van der Waals surface area contributed by atoms with E-state index in [0.717, 1.165) is 11.4 Å². The minimum Gasteiger partial charge on any atom is -0.271 e. The van der Waals surface area contributed by atoms with Crippen LogP contribution in [0.1, 0.15) is 51.1 Å². The number of hydrogen-bond acceptors (Lipinski definition) is 2. The molecule has 0 aliphatic heterocycles. The molecule has 1 aromatic rings. The maximum Gasteiger partial charge on any atom is 0.0488 e. The summed E-state index contributed by atoms with van der Waals surface area (Å²) in [5, 5.41) is 0.771. The van der Waals surface area contributed by atoms with Crippen LogP contribution in [0.4, 0.5) is 0 Å². The standard InChI is InChI=1S/C14H23ClN2/c1-3-5-7-11(4-2)14(17-16)12-8-6-9-13(15)10-12/h6,8-11,14,17H,3-5,7,16H2,1-2H3. The molecule has 2 atom stereocenters. The lowest BCUT2D eigenvalue weighted by molar-refractivity contribution is 0.327. The van der Waals surface area contributed by atoms with E-state index in [4.69, 9.17) is 17.4 Å². The zero-order valence-electron chi connectivity index (χ0n) is 10.7. The van der Waals surface area contributed by atoms with Crippen molar-refractivity contribution in [2.24, 2.45) is 11.8 Å². The van der Waals surface area contributed by atoms with Crippen LogP contribution in [0.15, 0.2) is 24.3 Å². The van der Waals surface area contributed by atoms with Crippen LogP contribution in [-0.2, 0) is 0 Å². The quantitative estimate of drug-likeness (QED) is 0.569. The van der Waals surface area contributed by atoms with Gasteiger partial charge in [-0.1, -0.05) is 56.8 Å². The van der Waals surface area contributed by atoms with Gasteiger partial charge in [0.25, 0.3) is 0 Å². The molecule has 0 aliphatic carbocycles. The van der Waals surface area contributed by atoms with Crippen molar-refractivity contribution in [1.29, 1.82) is 0 Å². The van der Waals surface area contributed by atoms with Crippen molar-refractivity contribution in [1.82, 2.24) is 5.43 Å². The monoisotopic (exact) mass is 254 g/mol. The zero-order chi connectivity index (χ0) is 12.7. The average Bonchev–Trinajstić information content (AvgIpc) is 2.34. The highest BCUT2D eigenvalue weighted by molar-refractivity contribution is 6.30. The SMILES string of the molecule is CCCCC(CC)C(NN)c1cccc(Cl)c1. The van der Waals surface area contributed by atoms with E-state index in [2.05, 4.69) is 25.3 Å². The lowest BCUT2D eigenvalue weighted by atomic mass is 9.87. The van der Waals surface area contributed by atoms with Crippen molar-refractivity contribution in [3.8, 4) is 0 Å². The first kappa shape index (κ1) is 14.5. The zero-order valence-corrected chi connectivity index (χ0v) is 11.5. The Labute approximate surface area is 110 Å². The molecule has 17 heavy (non-hydrogen) atoms. The Kier molecular flexibility index (Phi) is 6.56. The molecule has 0 aromatic heterocycles. The van der Waals surface area contributed by atoms with E-state index < -0.39 is 0 Å². The van der Waals surface area contributed by atoms with Gasteiger partial charge < -0.3 is 0 Å². The van der Waals surface area contributed by atoms with Gasteiger partial charge in [-0.15, -0.1) is 0 Å². The second kappa shape index (κ2) is 7.70. The fraction of sp³-hybridized carbons (Fsp3) is 0.571. The number of hydrogen-bond donors (Lipinski definition) is 2. The Morgan fingerprint density at radius 1 is 1.35 bits per heavy atom. The summed E-state index contributed by atoms with van der Waals surface area (Å²) < 4.78 is 0. The maximum absolute atomic E-state index is 6.03. The minimum absolute atomic E-state index is 0.199. The Morgan fingerprint density at radius 3 is 2.65 bits per heavy atom. The van der Waals surface area contributed by atoms with Crippen LogP contribution in [0.2, 0.25) is 5.02 Å². The topological polar surface area (TPSA) is 38.0 Å². The highest BCUT2D eigenvalue weighted by Crippen LogP contribution is 2.29. The Balaban J connectivity index is 2.81. The van der Waals surface area contributed by atoms with Crippen LogP contribution in [0, 0.1) is 5.92 Å². The van der Waals surface area contributed by atoms with Gasteiger partial charge in [-0.3, -0.25) is 11.3 Å². The van der Waals surface area contributed by atoms with Gasteiger partial charge in [-0.05, 0) is 30.0 Å². The first-order chi connectivity index (χ1) is 8.22. The first-order valence-electron chi connectivity index (χ1n) is 6.44. The molecule has 0 saturated heterocycles. The summed E-state index contributed by atoms with van der Waals surface area (Å²) in [6, 6.07) is 8.16. The van der Waals surface area contributed by atoms with Gasteiger partial charge in [0.1, 0.15) is 0 Å². The van der Waals surface area contributed by atoms with Crippen LogP contribution >= 0.6 is 11.6 Å². The van der Waals surface area contributed by atoms with E-state index in [1.807, 2.05) is 18.2 Å². The van der Waals surface area contributed by atoms with Crippen molar-refractivity contribution in [2.75, 3.05) is 0 Å². The van der Waals surface area contributed by atoms with Crippen molar-refractivity contribution in [3.63, 3.8) is 0 Å². The van der Waals surface area contributed by atoms with E-state index >= 15 is 0 Å². The van der Waals surface area contributed by atoms with Crippen molar-refractivity contribution in [2.45, 2.75) is 45.6 Å². The van der Waals surface area contributed by atoms with Gasteiger partial charge >= 0.3 is 0 Å². The maximum atomic E-state index is 6.03. The molecule has 2 unspecified atom stereocenters. The van der Waals surface area contributed by atoms with E-state index in [1.165, 1.54) is 24.8 Å². The van der Waals surface area contributed by atoms with E-state index in [-0.39, 0.29) is 6.04 Å². The summed E-state index contributed by atoms with van der Waals surface area (Å²) in [4.78, 5) is 0. The summed E-state index contributed by atoms with van der Waals surface area (Å²) in [7, 11) is 0. The van der Waals surface area contributed by atoms with Crippen molar-refractivity contribution in [3.05, 3.63) is 34.9 Å². The Morgan fingerprint density at radius 2 is 2.12 bits per heavy atom. The molecule has 3 heteroatoms. The first-order valence-corrected chi connectivity index (χ1v) is 6.82. The molecule has 0 fully saturated rings. The summed E-state index contributed by atoms with van der Waals surface area (Å²) in [6.45, 7) is 4.44. The van der Waals surface area contributed by atoms with Crippen LogP contribution in [0.3, 0.4) is 0 Å². The minimum atomic E-state index is 0.199. The molecule has 96 valence electrons. The largest absolute Gasteiger partial charge is 0.271 e. The van der Waals surface area contributed by atoms with Gasteiger partial charge in [0.15, 0.2) is 0 Å². The van der Waals surface area contributed by atoms with Crippen LogP contribution in [-0.4, -0.2) is 0 Å². The van der Waals surface area contributed by atoms with E-state index in [1.54, 1.807) is 0 Å². The van der Waals surface area contributed by atoms with E-state index in [0.29, 0.717) is 5.92 Å². The van der Waals surface area contributed by atoms with Crippen LogP contribution in [0.5, 0.6) is 0 Å². The molecule has 1 aromatic carbocycles. The van der Waals surface area contributed by atoms with Crippen LogP contribution in [0.25, 0.3) is 0 Å². The molecule has 0 heterocycles. The number of nitrogens with one attached hydrogen (secondary N) is 1. The van der Waals surface area contributed by atoms with Crippen LogP contribution < -0.4 is 11.3 Å². The van der Waals surface area contributed by atoms with Gasteiger partial charge in [0.2, 0.25) is 0 Å². The Bertz CT molecular complexity index is 328. The predicted octanol–water partition coefficient (Wildman–Crippen LogP) is 4.06. The number of hydrazine groups is 1. The Hall–Kier alpha value is -0.570. The molecule has 0 spiro atoms. The van der Waals surface area contributed by atoms with Gasteiger partial charge in [-0.2, -0.15) is 0 Å². The fourth-order valence-corrected chi connectivity index (χ4v) is 2.48. The molecule has 0 aliphatic rings. The summed E-state index contributed by atoms with van der Waals surface area (Å²) in [5.74, 6) is 6.28. The second-order valence-electron chi connectivity index (χ2n) is 4.51. The van der Waals surface area contributed by atoms with Gasteiger partial charge in [0, 0.05) is 11.1 Å². The predicted molar refractivity (Wildman–Crippen MR) is 74.8 cm³/mol. The molecule has 0 radical (unpaired) electrons. The fourth-order valence-electron chi connectivity index (χ4n) is 2.28. The highest BCUT2D eigenvalue weighted by Gasteiger charge is 2.20. The third-order valence-corrected chi connectivity index (χ3v) is 3.55. The number of halogens is 1. The molecule has 1 rings (SSSR count). The molecular formula is C14H23ClN2. The lowest BCUT2D eigenvalue weighted by Crippen LogP contribution is -2.33. The molecule has 0 saturated carbocycles. The summed E-state index contributed by atoms with van der Waals surface area (Å²) >= 11 is 6.03. The highest BCUT2D eigenvalue weighted by atomic mass is 35.5. The second-order valence-corrected chi connectivity index (χ2v) is 4.95. The third kappa shape index (κ3) is 4.30. The normalized spacial score (nSPS) is 14.6. The van der Waals surface area contributed by atoms with Crippen molar-refractivity contribution < 1.29 is 0 Å². The number of nitrogens with two attached hydrogens (primary N) is 1. The molecule has 0 amide bonds. The summed E-state index contributed by atoms with van der Waals surface area (Å²) in [5.41, 5.74) is 4.13. The van der Waals surface area contributed by atoms with Gasteiger partial charge in [-0.25, -0.2) is 0 Å². The lowest BCUT2D eigenvalue weighted by Gasteiger charge is -2.26. The third-order valence-electron chi connectivity index (χ3n) is 3.31. The average molecular weight is 255 g/mol. The smallest absolute Gasteiger partial charge is 0.0488 e. The van der Waals surface area contributed by atoms with Gasteiger partial charge in [0.05, 0.1) is 0 Å². The number of benzene rings is 1. The summed E-state index contributed by atoms with van der Waals surface area (Å²) in [6.07, 6.45) is 4.80. The molecule has 0 bridgehead atoms. The molecule has 2 nitrogen and oxygen atoms in total. The number of unbranched alkanes of at least 4 members (excludes halogenated alkanes) is 1. The molecule has 3 N–H and O–H groups in total. The van der Waals surface area contributed by atoms with E-state index in [9.17, 15) is 0 Å². The van der Waals surface area contributed by atoms with Crippen molar-refractivity contribution >= 4 is 11.6 Å².